The Labute approximate surface area is 144 Å². The van der Waals surface area contributed by atoms with Crippen LogP contribution in [0.2, 0.25) is 0 Å². The van der Waals surface area contributed by atoms with Gasteiger partial charge in [0, 0.05) is 26.2 Å². The highest BCUT2D eigenvalue weighted by Crippen LogP contribution is 2.35. The van der Waals surface area contributed by atoms with Crippen molar-refractivity contribution in [3.8, 4) is 11.5 Å². The van der Waals surface area contributed by atoms with Gasteiger partial charge in [0.1, 0.15) is 11.5 Å². The lowest BCUT2D eigenvalue weighted by atomic mass is 9.89. The van der Waals surface area contributed by atoms with Crippen LogP contribution >= 0.6 is 0 Å². The smallest absolute Gasteiger partial charge is 0.303 e. The fourth-order valence-electron chi connectivity index (χ4n) is 2.73. The second kappa shape index (κ2) is 11.7. The molecule has 1 rings (SSSR count). The third-order valence-electron chi connectivity index (χ3n) is 3.98. The molecule has 1 unspecified atom stereocenters. The van der Waals surface area contributed by atoms with E-state index in [1.807, 2.05) is 18.2 Å². The highest BCUT2D eigenvalue weighted by molar-refractivity contribution is 5.68. The van der Waals surface area contributed by atoms with Crippen LogP contribution in [-0.2, 0) is 9.53 Å². The van der Waals surface area contributed by atoms with Gasteiger partial charge in [-0.2, -0.15) is 0 Å². The fraction of sp³-hybridized carbons (Fsp3) is 0.632. The summed E-state index contributed by atoms with van der Waals surface area (Å²) < 4.78 is 16.2. The lowest BCUT2D eigenvalue weighted by Crippen LogP contribution is -2.08. The van der Waals surface area contributed by atoms with Crippen molar-refractivity contribution in [1.29, 1.82) is 0 Å². The number of rotatable bonds is 13. The van der Waals surface area contributed by atoms with Gasteiger partial charge in [-0.05, 0) is 24.0 Å². The molecule has 0 bridgehead atoms. The number of hydrogen-bond donors (Lipinski definition) is 1. The van der Waals surface area contributed by atoms with Gasteiger partial charge in [-0.15, -0.1) is 0 Å². The number of unbranched alkanes of at least 4 members (excludes halogenated alkanes) is 2. The van der Waals surface area contributed by atoms with E-state index in [2.05, 4.69) is 6.92 Å². The highest BCUT2D eigenvalue weighted by atomic mass is 16.5. The van der Waals surface area contributed by atoms with Crippen molar-refractivity contribution in [2.45, 2.75) is 51.4 Å². The van der Waals surface area contributed by atoms with Gasteiger partial charge in [-0.3, -0.25) is 4.79 Å². The summed E-state index contributed by atoms with van der Waals surface area (Å²) in [6.07, 6.45) is 5.04. The second-order valence-corrected chi connectivity index (χ2v) is 5.89. The zero-order valence-corrected chi connectivity index (χ0v) is 15.0. The van der Waals surface area contributed by atoms with Crippen molar-refractivity contribution in [2.24, 2.45) is 0 Å². The van der Waals surface area contributed by atoms with Crippen molar-refractivity contribution in [3.05, 3.63) is 23.8 Å². The Morgan fingerprint density at radius 1 is 1.17 bits per heavy atom. The number of hydrogen-bond acceptors (Lipinski definition) is 4. The van der Waals surface area contributed by atoms with Crippen molar-refractivity contribution < 1.29 is 24.1 Å². The molecule has 0 aromatic heterocycles. The molecule has 1 N–H and O–H groups in total. The Morgan fingerprint density at radius 3 is 2.58 bits per heavy atom. The van der Waals surface area contributed by atoms with Crippen LogP contribution in [0.25, 0.3) is 0 Å². The summed E-state index contributed by atoms with van der Waals surface area (Å²) in [5.74, 6) is 0.612. The molecule has 1 aromatic carbocycles. The molecule has 5 heteroatoms. The SMILES string of the molecule is CCCCCC(CC(=O)O)c1ccc(OCCCOC)cc1OC. The van der Waals surface area contributed by atoms with Gasteiger partial charge >= 0.3 is 5.97 Å². The van der Waals surface area contributed by atoms with Gasteiger partial charge in [0.05, 0.1) is 20.1 Å². The third kappa shape index (κ3) is 7.21. The Hall–Kier alpha value is -1.75. The molecular weight excluding hydrogens is 308 g/mol. The number of methoxy groups -OCH3 is 2. The molecule has 0 amide bonds. The maximum atomic E-state index is 11.2. The zero-order chi connectivity index (χ0) is 17.8. The molecular formula is C19H30O5. The summed E-state index contributed by atoms with van der Waals surface area (Å²) in [4.78, 5) is 11.2. The minimum Gasteiger partial charge on any atom is -0.496 e. The first-order valence-electron chi connectivity index (χ1n) is 8.63. The summed E-state index contributed by atoms with van der Waals surface area (Å²) in [6.45, 7) is 3.38. The lowest BCUT2D eigenvalue weighted by Gasteiger charge is -2.19. The van der Waals surface area contributed by atoms with Gasteiger partial charge in [0.25, 0.3) is 0 Å². The quantitative estimate of drug-likeness (QED) is 0.545. The first kappa shape index (κ1) is 20.3. The molecule has 0 saturated carbocycles. The maximum Gasteiger partial charge on any atom is 0.303 e. The number of carboxylic acids is 1. The summed E-state index contributed by atoms with van der Waals surface area (Å²) >= 11 is 0. The Balaban J connectivity index is 2.82. The Morgan fingerprint density at radius 2 is 1.96 bits per heavy atom. The van der Waals surface area contributed by atoms with Crippen molar-refractivity contribution in [3.63, 3.8) is 0 Å². The van der Waals surface area contributed by atoms with Crippen molar-refractivity contribution in [2.75, 3.05) is 27.4 Å². The van der Waals surface area contributed by atoms with Gasteiger partial charge in [0.2, 0.25) is 0 Å². The standard InChI is InChI=1S/C19H30O5/c1-4-5-6-8-15(13-19(20)21)17-10-9-16(14-18(17)23-3)24-12-7-11-22-2/h9-10,14-15H,4-8,11-13H2,1-3H3,(H,20,21). The van der Waals surface area contributed by atoms with E-state index in [-0.39, 0.29) is 12.3 Å². The van der Waals surface area contributed by atoms with Crippen LogP contribution in [0.15, 0.2) is 18.2 Å². The Kier molecular flexibility index (Phi) is 9.92. The fourth-order valence-corrected chi connectivity index (χ4v) is 2.73. The molecule has 0 spiro atoms. The Bertz CT molecular complexity index is 487. The van der Waals surface area contributed by atoms with Crippen LogP contribution < -0.4 is 9.47 Å². The molecule has 0 radical (unpaired) electrons. The minimum absolute atomic E-state index is 0.0356. The predicted molar refractivity (Wildman–Crippen MR) is 94.1 cm³/mol. The average Bonchev–Trinajstić information content (AvgIpc) is 2.57. The summed E-state index contributed by atoms with van der Waals surface area (Å²) in [5, 5.41) is 9.21. The molecule has 136 valence electrons. The monoisotopic (exact) mass is 338 g/mol. The van der Waals surface area contributed by atoms with Gasteiger partial charge in [-0.25, -0.2) is 0 Å². The molecule has 1 atom stereocenters. The largest absolute Gasteiger partial charge is 0.496 e. The average molecular weight is 338 g/mol. The normalized spacial score (nSPS) is 12.0. The lowest BCUT2D eigenvalue weighted by molar-refractivity contribution is -0.137. The topological polar surface area (TPSA) is 65.0 Å². The second-order valence-electron chi connectivity index (χ2n) is 5.89. The van der Waals surface area contributed by atoms with E-state index >= 15 is 0 Å². The molecule has 0 saturated heterocycles. The zero-order valence-electron chi connectivity index (χ0n) is 15.0. The van der Waals surface area contributed by atoms with Crippen molar-refractivity contribution in [1.82, 2.24) is 0 Å². The summed E-state index contributed by atoms with van der Waals surface area (Å²) in [6, 6.07) is 5.67. The van der Waals surface area contributed by atoms with Crippen LogP contribution in [0, 0.1) is 0 Å². The molecule has 1 aromatic rings. The number of ether oxygens (including phenoxy) is 3. The number of aliphatic carboxylic acids is 1. The van der Waals surface area contributed by atoms with Crippen LogP contribution in [0.1, 0.15) is 56.9 Å². The van der Waals surface area contributed by atoms with E-state index in [4.69, 9.17) is 14.2 Å². The molecule has 0 heterocycles. The number of carboxylic acid groups (broad SMARTS) is 1. The van der Waals surface area contributed by atoms with Gasteiger partial charge in [0.15, 0.2) is 0 Å². The van der Waals surface area contributed by atoms with E-state index in [9.17, 15) is 9.90 Å². The van der Waals surface area contributed by atoms with Crippen LogP contribution in [0.5, 0.6) is 11.5 Å². The van der Waals surface area contributed by atoms with E-state index < -0.39 is 5.97 Å². The molecule has 0 fully saturated rings. The first-order valence-corrected chi connectivity index (χ1v) is 8.63. The maximum absolute atomic E-state index is 11.2. The summed E-state index contributed by atoms with van der Waals surface area (Å²) in [5.41, 5.74) is 0.945. The van der Waals surface area contributed by atoms with Crippen LogP contribution in [0.4, 0.5) is 0 Å². The molecule has 0 aliphatic rings. The minimum atomic E-state index is -0.779. The van der Waals surface area contributed by atoms with Crippen LogP contribution in [-0.4, -0.2) is 38.5 Å². The number of carbonyl (C=O) groups is 1. The van der Waals surface area contributed by atoms with E-state index in [0.29, 0.717) is 19.0 Å². The third-order valence-corrected chi connectivity index (χ3v) is 3.98. The highest BCUT2D eigenvalue weighted by Gasteiger charge is 2.19. The molecule has 24 heavy (non-hydrogen) atoms. The van der Waals surface area contributed by atoms with Crippen molar-refractivity contribution >= 4 is 5.97 Å². The van der Waals surface area contributed by atoms with E-state index in [1.165, 1.54) is 0 Å². The van der Waals surface area contributed by atoms with Gasteiger partial charge in [-0.1, -0.05) is 32.3 Å². The first-order chi connectivity index (χ1) is 11.6. The summed E-state index contributed by atoms with van der Waals surface area (Å²) in [7, 11) is 3.27. The predicted octanol–water partition coefficient (Wildman–Crippen LogP) is 4.25. The van der Waals surface area contributed by atoms with E-state index in [0.717, 1.165) is 43.4 Å². The molecule has 5 nitrogen and oxygen atoms in total. The molecule has 0 aliphatic heterocycles. The molecule has 0 aliphatic carbocycles. The van der Waals surface area contributed by atoms with Crippen LogP contribution in [0.3, 0.4) is 0 Å². The van der Waals surface area contributed by atoms with Gasteiger partial charge < -0.3 is 19.3 Å². The van der Waals surface area contributed by atoms with E-state index in [1.54, 1.807) is 14.2 Å². The number of benzene rings is 1.